The lowest BCUT2D eigenvalue weighted by Gasteiger charge is -2.06. The Kier molecular flexibility index (Phi) is 4.82. The summed E-state index contributed by atoms with van der Waals surface area (Å²) in [6, 6.07) is 0. The lowest BCUT2D eigenvalue weighted by molar-refractivity contribution is -0.142. The zero-order valence-corrected chi connectivity index (χ0v) is 10.3. The van der Waals surface area contributed by atoms with Crippen LogP contribution in [0.5, 0.6) is 0 Å². The number of hydrogen-bond acceptors (Lipinski definition) is 2. The van der Waals surface area contributed by atoms with Gasteiger partial charge in [-0.1, -0.05) is 25.4 Å². The van der Waals surface area contributed by atoms with Crippen LogP contribution in [0.1, 0.15) is 19.5 Å². The van der Waals surface area contributed by atoms with Crippen molar-refractivity contribution in [3.63, 3.8) is 0 Å². The van der Waals surface area contributed by atoms with Crippen LogP contribution in [-0.2, 0) is 17.9 Å². The van der Waals surface area contributed by atoms with E-state index in [9.17, 15) is 13.2 Å². The molecular formula is C10H14ClF3N2O. The van der Waals surface area contributed by atoms with E-state index in [2.05, 4.69) is 5.10 Å². The van der Waals surface area contributed by atoms with Crippen LogP contribution in [0, 0.1) is 5.92 Å². The van der Waals surface area contributed by atoms with E-state index in [1.807, 2.05) is 13.8 Å². The van der Waals surface area contributed by atoms with Gasteiger partial charge in [-0.25, -0.2) is 0 Å². The average molecular weight is 271 g/mol. The molecule has 0 atom stereocenters. The SMILES string of the molecule is CC(C)COCc1nn(CC(F)(F)F)cc1Cl. The molecular weight excluding hydrogens is 257 g/mol. The third-order valence-electron chi connectivity index (χ3n) is 1.82. The molecule has 7 heteroatoms. The summed E-state index contributed by atoms with van der Waals surface area (Å²) in [5.41, 5.74) is 0.330. The third kappa shape index (κ3) is 5.41. The second-order valence-corrected chi connectivity index (χ2v) is 4.55. The largest absolute Gasteiger partial charge is 0.408 e. The minimum absolute atomic E-state index is 0.127. The Labute approximate surface area is 103 Å². The van der Waals surface area contributed by atoms with Crippen molar-refractivity contribution in [1.29, 1.82) is 0 Å². The van der Waals surface area contributed by atoms with Crippen molar-refractivity contribution in [1.82, 2.24) is 9.78 Å². The molecule has 0 N–H and O–H groups in total. The number of ether oxygens (including phenoxy) is 1. The summed E-state index contributed by atoms with van der Waals surface area (Å²) in [6.45, 7) is 3.45. The maximum Gasteiger partial charge on any atom is 0.408 e. The quantitative estimate of drug-likeness (QED) is 0.821. The first-order valence-electron chi connectivity index (χ1n) is 5.14. The second kappa shape index (κ2) is 5.73. The topological polar surface area (TPSA) is 27.1 Å². The van der Waals surface area contributed by atoms with Gasteiger partial charge >= 0.3 is 6.18 Å². The van der Waals surface area contributed by atoms with E-state index >= 15 is 0 Å². The first-order valence-corrected chi connectivity index (χ1v) is 5.52. The normalized spacial score (nSPS) is 12.4. The summed E-state index contributed by atoms with van der Waals surface area (Å²) in [4.78, 5) is 0. The first-order chi connectivity index (χ1) is 7.78. The van der Waals surface area contributed by atoms with Crippen molar-refractivity contribution in [3.8, 4) is 0 Å². The van der Waals surface area contributed by atoms with Crippen LogP contribution in [-0.4, -0.2) is 22.6 Å². The second-order valence-electron chi connectivity index (χ2n) is 4.15. The van der Waals surface area contributed by atoms with E-state index in [-0.39, 0.29) is 11.6 Å². The molecule has 3 nitrogen and oxygen atoms in total. The zero-order valence-electron chi connectivity index (χ0n) is 9.59. The molecule has 0 saturated heterocycles. The van der Waals surface area contributed by atoms with Crippen LogP contribution in [0.2, 0.25) is 5.02 Å². The molecule has 0 bridgehead atoms. The number of rotatable bonds is 5. The maximum atomic E-state index is 12.1. The van der Waals surface area contributed by atoms with E-state index in [0.29, 0.717) is 18.2 Å². The summed E-state index contributed by atoms with van der Waals surface area (Å²) in [5.74, 6) is 0.353. The maximum absolute atomic E-state index is 12.1. The van der Waals surface area contributed by atoms with Crippen molar-refractivity contribution in [2.75, 3.05) is 6.61 Å². The average Bonchev–Trinajstić information content (AvgIpc) is 2.42. The molecule has 0 aliphatic heterocycles. The fraction of sp³-hybridized carbons (Fsp3) is 0.700. The van der Waals surface area contributed by atoms with Crippen LogP contribution in [0.25, 0.3) is 0 Å². The van der Waals surface area contributed by atoms with Crippen molar-refractivity contribution in [3.05, 3.63) is 16.9 Å². The van der Waals surface area contributed by atoms with E-state index in [1.165, 1.54) is 0 Å². The Bertz CT molecular complexity index is 363. The molecule has 0 radical (unpaired) electrons. The third-order valence-corrected chi connectivity index (χ3v) is 2.13. The Balaban J connectivity index is 2.56. The van der Waals surface area contributed by atoms with Crippen LogP contribution in [0.15, 0.2) is 6.20 Å². The van der Waals surface area contributed by atoms with Crippen LogP contribution in [0.3, 0.4) is 0 Å². The molecule has 0 spiro atoms. The smallest absolute Gasteiger partial charge is 0.375 e. The fourth-order valence-corrected chi connectivity index (χ4v) is 1.40. The number of aromatic nitrogens is 2. The molecule has 0 saturated carbocycles. The van der Waals surface area contributed by atoms with Gasteiger partial charge in [0.25, 0.3) is 0 Å². The predicted octanol–water partition coefficient (Wildman–Crippen LogP) is 3.27. The molecule has 17 heavy (non-hydrogen) atoms. The Morgan fingerprint density at radius 1 is 1.47 bits per heavy atom. The molecule has 1 rings (SSSR count). The molecule has 1 heterocycles. The van der Waals surface area contributed by atoms with Gasteiger partial charge < -0.3 is 4.74 Å². The van der Waals surface area contributed by atoms with E-state index < -0.39 is 12.7 Å². The highest BCUT2D eigenvalue weighted by atomic mass is 35.5. The van der Waals surface area contributed by atoms with Gasteiger partial charge in [-0.3, -0.25) is 4.68 Å². The number of halogens is 4. The predicted molar refractivity (Wildman–Crippen MR) is 57.8 cm³/mol. The molecule has 1 aromatic heterocycles. The van der Waals surface area contributed by atoms with Crippen LogP contribution >= 0.6 is 11.6 Å². The van der Waals surface area contributed by atoms with Gasteiger partial charge in [0.05, 0.1) is 11.6 Å². The van der Waals surface area contributed by atoms with Crippen molar-refractivity contribution in [2.24, 2.45) is 5.92 Å². The van der Waals surface area contributed by atoms with Crippen LogP contribution in [0.4, 0.5) is 13.2 Å². The zero-order chi connectivity index (χ0) is 13.1. The van der Waals surface area contributed by atoms with Gasteiger partial charge in [-0.15, -0.1) is 0 Å². The van der Waals surface area contributed by atoms with Gasteiger partial charge in [0.15, 0.2) is 0 Å². The van der Waals surface area contributed by atoms with Gasteiger partial charge in [0.1, 0.15) is 12.2 Å². The monoisotopic (exact) mass is 270 g/mol. The lowest BCUT2D eigenvalue weighted by atomic mass is 10.2. The lowest BCUT2D eigenvalue weighted by Crippen LogP contribution is -2.18. The van der Waals surface area contributed by atoms with E-state index in [1.54, 1.807) is 0 Å². The highest BCUT2D eigenvalue weighted by molar-refractivity contribution is 6.31. The highest BCUT2D eigenvalue weighted by Crippen LogP contribution is 2.20. The fourth-order valence-electron chi connectivity index (χ4n) is 1.19. The molecule has 0 amide bonds. The van der Waals surface area contributed by atoms with Gasteiger partial charge in [0, 0.05) is 12.8 Å². The van der Waals surface area contributed by atoms with Crippen molar-refractivity contribution in [2.45, 2.75) is 33.2 Å². The Morgan fingerprint density at radius 3 is 2.65 bits per heavy atom. The van der Waals surface area contributed by atoms with Gasteiger partial charge in [-0.05, 0) is 5.92 Å². The van der Waals surface area contributed by atoms with Crippen molar-refractivity contribution >= 4 is 11.6 Å². The number of nitrogens with zero attached hydrogens (tertiary/aromatic N) is 2. The minimum atomic E-state index is -4.30. The van der Waals surface area contributed by atoms with Crippen molar-refractivity contribution < 1.29 is 17.9 Å². The molecule has 1 aromatic rings. The number of hydrogen-bond donors (Lipinski definition) is 0. The first kappa shape index (κ1) is 14.3. The molecule has 0 aliphatic carbocycles. The Hall–Kier alpha value is -0.750. The van der Waals surface area contributed by atoms with E-state index in [0.717, 1.165) is 10.9 Å². The summed E-state index contributed by atoms with van der Waals surface area (Å²) in [7, 11) is 0. The summed E-state index contributed by atoms with van der Waals surface area (Å²) < 4.78 is 42.4. The summed E-state index contributed by atoms with van der Waals surface area (Å²) in [5, 5.41) is 3.92. The molecule has 0 aromatic carbocycles. The summed E-state index contributed by atoms with van der Waals surface area (Å²) in [6.07, 6.45) is -3.14. The molecule has 0 fully saturated rings. The minimum Gasteiger partial charge on any atom is -0.375 e. The Morgan fingerprint density at radius 2 is 2.12 bits per heavy atom. The van der Waals surface area contributed by atoms with Crippen LogP contribution < -0.4 is 0 Å². The standard InChI is InChI=1S/C10H14ClF3N2O/c1-7(2)4-17-5-9-8(11)3-16(15-9)6-10(12,13)14/h3,7H,4-6H2,1-2H3. The molecule has 0 unspecified atom stereocenters. The highest BCUT2D eigenvalue weighted by Gasteiger charge is 2.28. The number of alkyl halides is 3. The van der Waals surface area contributed by atoms with Gasteiger partial charge in [0.2, 0.25) is 0 Å². The van der Waals surface area contributed by atoms with E-state index in [4.69, 9.17) is 16.3 Å². The van der Waals surface area contributed by atoms with Gasteiger partial charge in [-0.2, -0.15) is 18.3 Å². The molecule has 0 aliphatic rings. The molecule has 98 valence electrons. The summed E-state index contributed by atoms with van der Waals surface area (Å²) >= 11 is 5.76.